The fourth-order valence-electron chi connectivity index (χ4n) is 1.48. The molecule has 16 heavy (non-hydrogen) atoms. The minimum Gasteiger partial charge on any atom is -0.307 e. The molecule has 2 aromatic rings. The monoisotopic (exact) mass is 276 g/mol. The number of aromatic nitrogens is 1. The van der Waals surface area contributed by atoms with Gasteiger partial charge in [-0.15, -0.1) is 0 Å². The summed E-state index contributed by atoms with van der Waals surface area (Å²) in [5, 5.41) is 3.36. The Morgan fingerprint density at radius 2 is 2.00 bits per heavy atom. The van der Waals surface area contributed by atoms with Crippen molar-refractivity contribution in [3.8, 4) is 0 Å². The Balaban J connectivity index is 1.85. The zero-order chi connectivity index (χ0) is 11.2. The van der Waals surface area contributed by atoms with Crippen molar-refractivity contribution in [1.82, 2.24) is 10.3 Å². The Hall–Kier alpha value is -1.19. The van der Waals surface area contributed by atoms with Crippen LogP contribution in [0.25, 0.3) is 0 Å². The highest BCUT2D eigenvalue weighted by Crippen LogP contribution is 2.11. The molecule has 0 saturated carbocycles. The summed E-state index contributed by atoms with van der Waals surface area (Å²) in [7, 11) is 0. The lowest BCUT2D eigenvalue weighted by atomic mass is 10.2. The van der Waals surface area contributed by atoms with Gasteiger partial charge in [0.25, 0.3) is 0 Å². The summed E-state index contributed by atoms with van der Waals surface area (Å²) in [5.41, 5.74) is 2.34. The molecule has 1 heterocycles. The summed E-state index contributed by atoms with van der Waals surface area (Å²) in [6.07, 6.45) is 1.82. The van der Waals surface area contributed by atoms with Gasteiger partial charge in [0.2, 0.25) is 0 Å². The second kappa shape index (κ2) is 5.77. The number of hydrogen-bond acceptors (Lipinski definition) is 2. The fraction of sp³-hybridized carbons (Fsp3) is 0.154. The van der Waals surface area contributed by atoms with Crippen LogP contribution in [-0.4, -0.2) is 4.98 Å². The molecule has 3 heteroatoms. The molecule has 1 N–H and O–H groups in total. The van der Waals surface area contributed by atoms with E-state index in [1.807, 2.05) is 36.5 Å². The summed E-state index contributed by atoms with van der Waals surface area (Å²) >= 11 is 3.46. The summed E-state index contributed by atoms with van der Waals surface area (Å²) in [5.74, 6) is 0. The van der Waals surface area contributed by atoms with Crippen LogP contribution in [0.5, 0.6) is 0 Å². The first-order chi connectivity index (χ1) is 7.84. The highest BCUT2D eigenvalue weighted by Gasteiger charge is 1.95. The third-order valence-electron chi connectivity index (χ3n) is 2.25. The maximum absolute atomic E-state index is 4.26. The van der Waals surface area contributed by atoms with Crippen molar-refractivity contribution in [3.05, 3.63) is 64.4 Å². The average molecular weight is 277 g/mol. The van der Waals surface area contributed by atoms with E-state index in [0.717, 1.165) is 23.3 Å². The number of benzene rings is 1. The van der Waals surface area contributed by atoms with Gasteiger partial charge < -0.3 is 5.32 Å². The molecule has 0 bridgehead atoms. The molecule has 2 nitrogen and oxygen atoms in total. The van der Waals surface area contributed by atoms with Crippen molar-refractivity contribution in [2.45, 2.75) is 13.1 Å². The van der Waals surface area contributed by atoms with Crippen molar-refractivity contribution in [1.29, 1.82) is 0 Å². The number of rotatable bonds is 4. The van der Waals surface area contributed by atoms with E-state index in [4.69, 9.17) is 0 Å². The molecular formula is C13H13BrN2. The SMILES string of the molecule is Brc1cccc(CNCc2ccccn2)c1. The molecule has 0 saturated heterocycles. The highest BCUT2D eigenvalue weighted by molar-refractivity contribution is 9.10. The van der Waals surface area contributed by atoms with Gasteiger partial charge in [0, 0.05) is 23.8 Å². The van der Waals surface area contributed by atoms with Crippen LogP contribution in [0.4, 0.5) is 0 Å². The van der Waals surface area contributed by atoms with Crippen molar-refractivity contribution in [3.63, 3.8) is 0 Å². The first-order valence-electron chi connectivity index (χ1n) is 5.20. The standard InChI is InChI=1S/C13H13BrN2/c14-12-5-3-4-11(8-12)9-15-10-13-6-1-2-7-16-13/h1-8,15H,9-10H2. The maximum atomic E-state index is 4.26. The van der Waals surface area contributed by atoms with E-state index in [9.17, 15) is 0 Å². The Kier molecular flexibility index (Phi) is 4.08. The van der Waals surface area contributed by atoms with Crippen LogP contribution in [0.2, 0.25) is 0 Å². The normalized spacial score (nSPS) is 10.3. The van der Waals surface area contributed by atoms with E-state index in [1.165, 1.54) is 5.56 Å². The molecular weight excluding hydrogens is 264 g/mol. The molecule has 0 aliphatic rings. The minimum absolute atomic E-state index is 0.799. The third-order valence-corrected chi connectivity index (χ3v) is 2.74. The topological polar surface area (TPSA) is 24.9 Å². The van der Waals surface area contributed by atoms with Crippen LogP contribution >= 0.6 is 15.9 Å². The second-order valence-corrected chi connectivity index (χ2v) is 4.47. The quantitative estimate of drug-likeness (QED) is 0.928. The van der Waals surface area contributed by atoms with Crippen molar-refractivity contribution >= 4 is 15.9 Å². The molecule has 0 unspecified atom stereocenters. The summed E-state index contributed by atoms with van der Waals surface area (Å²) in [6, 6.07) is 14.3. The lowest BCUT2D eigenvalue weighted by molar-refractivity contribution is 0.679. The Morgan fingerprint density at radius 3 is 2.75 bits per heavy atom. The van der Waals surface area contributed by atoms with Crippen LogP contribution in [0.1, 0.15) is 11.3 Å². The van der Waals surface area contributed by atoms with Gasteiger partial charge in [0.05, 0.1) is 5.69 Å². The molecule has 0 radical (unpaired) electrons. The number of nitrogens with zero attached hydrogens (tertiary/aromatic N) is 1. The van der Waals surface area contributed by atoms with Crippen LogP contribution in [-0.2, 0) is 13.1 Å². The van der Waals surface area contributed by atoms with Gasteiger partial charge in [-0.25, -0.2) is 0 Å². The molecule has 1 aromatic heterocycles. The second-order valence-electron chi connectivity index (χ2n) is 3.55. The lowest BCUT2D eigenvalue weighted by Crippen LogP contribution is -2.13. The van der Waals surface area contributed by atoms with Gasteiger partial charge in [-0.3, -0.25) is 4.98 Å². The molecule has 0 spiro atoms. The van der Waals surface area contributed by atoms with Crippen molar-refractivity contribution in [2.75, 3.05) is 0 Å². The van der Waals surface area contributed by atoms with E-state index in [0.29, 0.717) is 0 Å². The van der Waals surface area contributed by atoms with Gasteiger partial charge in [-0.2, -0.15) is 0 Å². The Bertz CT molecular complexity index is 443. The average Bonchev–Trinajstić information content (AvgIpc) is 2.30. The molecule has 1 aromatic carbocycles. The lowest BCUT2D eigenvalue weighted by Gasteiger charge is -2.04. The number of halogens is 1. The Morgan fingerprint density at radius 1 is 1.06 bits per heavy atom. The summed E-state index contributed by atoms with van der Waals surface area (Å²) in [4.78, 5) is 4.26. The van der Waals surface area contributed by atoms with Gasteiger partial charge in [-0.1, -0.05) is 34.1 Å². The van der Waals surface area contributed by atoms with E-state index in [1.54, 1.807) is 0 Å². The zero-order valence-electron chi connectivity index (χ0n) is 8.86. The van der Waals surface area contributed by atoms with Crippen LogP contribution in [0, 0.1) is 0 Å². The van der Waals surface area contributed by atoms with Crippen molar-refractivity contribution in [2.24, 2.45) is 0 Å². The molecule has 2 rings (SSSR count). The number of pyridine rings is 1. The van der Waals surface area contributed by atoms with E-state index in [-0.39, 0.29) is 0 Å². The Labute approximate surface area is 104 Å². The molecule has 0 fully saturated rings. The van der Waals surface area contributed by atoms with Gasteiger partial charge in [-0.05, 0) is 29.8 Å². The van der Waals surface area contributed by atoms with Gasteiger partial charge >= 0.3 is 0 Å². The minimum atomic E-state index is 0.799. The fourth-order valence-corrected chi connectivity index (χ4v) is 1.93. The molecule has 0 atom stereocenters. The molecule has 82 valence electrons. The summed E-state index contributed by atoms with van der Waals surface area (Å²) in [6.45, 7) is 1.66. The van der Waals surface area contributed by atoms with E-state index in [2.05, 4.69) is 38.4 Å². The van der Waals surface area contributed by atoms with Crippen molar-refractivity contribution < 1.29 is 0 Å². The molecule has 0 aliphatic carbocycles. The first kappa shape index (κ1) is 11.3. The molecule has 0 aliphatic heterocycles. The predicted molar refractivity (Wildman–Crippen MR) is 68.9 cm³/mol. The van der Waals surface area contributed by atoms with Crippen LogP contribution < -0.4 is 5.32 Å². The smallest absolute Gasteiger partial charge is 0.0541 e. The molecule has 0 amide bonds. The number of nitrogens with one attached hydrogen (secondary N) is 1. The van der Waals surface area contributed by atoms with E-state index < -0.39 is 0 Å². The van der Waals surface area contributed by atoms with Crippen LogP contribution in [0.15, 0.2) is 53.1 Å². The van der Waals surface area contributed by atoms with E-state index >= 15 is 0 Å². The third kappa shape index (κ3) is 3.43. The first-order valence-corrected chi connectivity index (χ1v) is 5.99. The maximum Gasteiger partial charge on any atom is 0.0541 e. The van der Waals surface area contributed by atoms with Gasteiger partial charge in [0.1, 0.15) is 0 Å². The van der Waals surface area contributed by atoms with Crippen LogP contribution in [0.3, 0.4) is 0 Å². The predicted octanol–water partition coefficient (Wildman–Crippen LogP) is 3.13. The largest absolute Gasteiger partial charge is 0.307 e. The summed E-state index contributed by atoms with van der Waals surface area (Å²) < 4.78 is 1.12. The highest BCUT2D eigenvalue weighted by atomic mass is 79.9. The number of hydrogen-bond donors (Lipinski definition) is 1. The zero-order valence-corrected chi connectivity index (χ0v) is 10.4. The van der Waals surface area contributed by atoms with Gasteiger partial charge in [0.15, 0.2) is 0 Å².